The van der Waals surface area contributed by atoms with Crippen molar-refractivity contribution in [1.82, 2.24) is 10.2 Å². The molecule has 1 N–H and O–H groups in total. The normalized spacial score (nSPS) is 10.6. The summed E-state index contributed by atoms with van der Waals surface area (Å²) < 4.78 is 5.16. The van der Waals surface area contributed by atoms with Crippen molar-refractivity contribution in [3.05, 3.63) is 34.8 Å². The number of esters is 1. The summed E-state index contributed by atoms with van der Waals surface area (Å²) in [4.78, 5) is 23.5. The van der Waals surface area contributed by atoms with Crippen molar-refractivity contribution >= 4 is 28.3 Å². The molecule has 0 radical (unpaired) electrons. The second-order valence-corrected chi connectivity index (χ2v) is 6.44. The number of amides is 1. The van der Waals surface area contributed by atoms with Crippen LogP contribution in [0.5, 0.6) is 5.75 Å². The van der Waals surface area contributed by atoms with Gasteiger partial charge >= 0.3 is 5.97 Å². The van der Waals surface area contributed by atoms with Crippen molar-refractivity contribution < 1.29 is 14.3 Å². The van der Waals surface area contributed by atoms with Crippen LogP contribution in [-0.2, 0) is 9.59 Å². The van der Waals surface area contributed by atoms with Gasteiger partial charge in [0.15, 0.2) is 0 Å². The molecule has 7 heteroatoms. The number of anilines is 1. The lowest BCUT2D eigenvalue weighted by Gasteiger charge is -2.04. The molecule has 0 aliphatic carbocycles. The lowest BCUT2D eigenvalue weighted by Crippen LogP contribution is -2.15. The maximum absolute atomic E-state index is 11.8. The van der Waals surface area contributed by atoms with Crippen LogP contribution in [-0.4, -0.2) is 22.1 Å². The van der Waals surface area contributed by atoms with Crippen LogP contribution in [0.25, 0.3) is 0 Å². The fraction of sp³-hybridized carbons (Fsp3) is 0.375. The highest BCUT2D eigenvalue weighted by atomic mass is 32.1. The van der Waals surface area contributed by atoms with E-state index in [1.54, 1.807) is 12.1 Å². The van der Waals surface area contributed by atoms with Crippen LogP contribution in [0.2, 0.25) is 0 Å². The van der Waals surface area contributed by atoms with Crippen LogP contribution < -0.4 is 10.1 Å². The standard InChI is InChI=1S/C16H19N3O3S/c1-10(2)15-18-19-16(23-15)17-13(20)8-9-14(21)22-12-6-4-11(3)5-7-12/h4-7,10H,8-9H2,1-3H3,(H,17,19,20). The van der Waals surface area contributed by atoms with Crippen LogP contribution >= 0.6 is 11.3 Å². The molecule has 0 saturated carbocycles. The average Bonchev–Trinajstić information content (AvgIpc) is 2.96. The predicted octanol–water partition coefficient (Wildman–Crippen LogP) is 3.29. The van der Waals surface area contributed by atoms with E-state index in [0.717, 1.165) is 10.6 Å². The summed E-state index contributed by atoms with van der Waals surface area (Å²) in [6.07, 6.45) is 0.0524. The number of rotatable bonds is 6. The van der Waals surface area contributed by atoms with Gasteiger partial charge in [0, 0.05) is 12.3 Å². The molecule has 2 aromatic rings. The quantitative estimate of drug-likeness (QED) is 0.648. The maximum Gasteiger partial charge on any atom is 0.311 e. The first-order valence-electron chi connectivity index (χ1n) is 7.34. The van der Waals surface area contributed by atoms with Crippen LogP contribution in [0.3, 0.4) is 0 Å². The second-order valence-electron chi connectivity index (χ2n) is 5.44. The fourth-order valence-electron chi connectivity index (χ4n) is 1.70. The minimum absolute atomic E-state index is 0.00948. The summed E-state index contributed by atoms with van der Waals surface area (Å²) in [6, 6.07) is 7.16. The number of nitrogens with zero attached hydrogens (tertiary/aromatic N) is 2. The third-order valence-electron chi connectivity index (χ3n) is 2.99. The highest BCUT2D eigenvalue weighted by Gasteiger charge is 2.13. The van der Waals surface area contributed by atoms with E-state index in [9.17, 15) is 9.59 Å². The van der Waals surface area contributed by atoms with E-state index in [4.69, 9.17) is 4.74 Å². The van der Waals surface area contributed by atoms with Gasteiger partial charge in [-0.2, -0.15) is 0 Å². The molecule has 0 aliphatic heterocycles. The van der Waals surface area contributed by atoms with Crippen molar-refractivity contribution in [2.24, 2.45) is 0 Å². The number of nitrogens with one attached hydrogen (secondary N) is 1. The van der Waals surface area contributed by atoms with Gasteiger partial charge in [-0.1, -0.05) is 42.9 Å². The van der Waals surface area contributed by atoms with E-state index < -0.39 is 5.97 Å². The Morgan fingerprint density at radius 3 is 2.48 bits per heavy atom. The van der Waals surface area contributed by atoms with Gasteiger partial charge in [0.1, 0.15) is 10.8 Å². The Hall–Kier alpha value is -2.28. The largest absolute Gasteiger partial charge is 0.427 e. The Balaban J connectivity index is 1.77. The number of hydrogen-bond donors (Lipinski definition) is 1. The molecule has 0 spiro atoms. The number of benzene rings is 1. The van der Waals surface area contributed by atoms with Crippen molar-refractivity contribution in [2.45, 2.75) is 39.5 Å². The van der Waals surface area contributed by atoms with Crippen LogP contribution in [0.4, 0.5) is 5.13 Å². The third kappa shape index (κ3) is 5.45. The molecule has 2 rings (SSSR count). The number of hydrogen-bond acceptors (Lipinski definition) is 6. The molecule has 0 atom stereocenters. The highest BCUT2D eigenvalue weighted by Crippen LogP contribution is 2.22. The van der Waals surface area contributed by atoms with Crippen LogP contribution in [0, 0.1) is 6.92 Å². The lowest BCUT2D eigenvalue weighted by molar-refractivity contribution is -0.135. The Morgan fingerprint density at radius 2 is 1.87 bits per heavy atom. The molecule has 1 heterocycles. The molecule has 0 unspecified atom stereocenters. The van der Waals surface area contributed by atoms with Gasteiger partial charge in [0.2, 0.25) is 11.0 Å². The summed E-state index contributed by atoms with van der Waals surface area (Å²) in [5.41, 5.74) is 1.09. The molecule has 1 amide bonds. The number of carbonyl (C=O) groups excluding carboxylic acids is 2. The van der Waals surface area contributed by atoms with E-state index in [-0.39, 0.29) is 24.7 Å². The zero-order valence-corrected chi connectivity index (χ0v) is 14.1. The SMILES string of the molecule is Cc1ccc(OC(=O)CCC(=O)Nc2nnc(C(C)C)s2)cc1. The lowest BCUT2D eigenvalue weighted by atomic mass is 10.2. The minimum Gasteiger partial charge on any atom is -0.427 e. The van der Waals surface area contributed by atoms with E-state index in [1.807, 2.05) is 32.9 Å². The van der Waals surface area contributed by atoms with Crippen molar-refractivity contribution in [2.75, 3.05) is 5.32 Å². The summed E-state index contributed by atoms with van der Waals surface area (Å²) in [5, 5.41) is 11.8. The van der Waals surface area contributed by atoms with Gasteiger partial charge in [-0.25, -0.2) is 0 Å². The van der Waals surface area contributed by atoms with Gasteiger partial charge < -0.3 is 10.1 Å². The first-order chi connectivity index (χ1) is 10.9. The van der Waals surface area contributed by atoms with Crippen molar-refractivity contribution in [3.8, 4) is 5.75 Å². The third-order valence-corrected chi connectivity index (χ3v) is 4.13. The van der Waals surface area contributed by atoms with E-state index in [0.29, 0.717) is 10.9 Å². The van der Waals surface area contributed by atoms with Gasteiger partial charge in [-0.3, -0.25) is 9.59 Å². The Kier molecular flexibility index (Phi) is 5.81. The number of ether oxygens (including phenoxy) is 1. The van der Waals surface area contributed by atoms with Crippen molar-refractivity contribution in [3.63, 3.8) is 0 Å². The monoisotopic (exact) mass is 333 g/mol. The minimum atomic E-state index is -0.441. The fourth-order valence-corrected chi connectivity index (χ4v) is 2.47. The first kappa shape index (κ1) is 17.1. The summed E-state index contributed by atoms with van der Waals surface area (Å²) in [6.45, 7) is 5.97. The van der Waals surface area contributed by atoms with Crippen molar-refractivity contribution in [1.29, 1.82) is 0 Å². The summed E-state index contributed by atoms with van der Waals surface area (Å²) in [7, 11) is 0. The number of aromatic nitrogens is 2. The maximum atomic E-state index is 11.8. The van der Waals surface area contributed by atoms with Crippen LogP contribution in [0.1, 0.15) is 43.2 Å². The molecule has 23 heavy (non-hydrogen) atoms. The average molecular weight is 333 g/mol. The first-order valence-corrected chi connectivity index (χ1v) is 8.16. The topological polar surface area (TPSA) is 81.2 Å². The summed E-state index contributed by atoms with van der Waals surface area (Å²) >= 11 is 1.34. The van der Waals surface area contributed by atoms with Gasteiger partial charge in [-0.15, -0.1) is 10.2 Å². The smallest absolute Gasteiger partial charge is 0.311 e. The molecule has 1 aromatic carbocycles. The molecule has 0 fully saturated rings. The van der Waals surface area contributed by atoms with E-state index >= 15 is 0 Å². The van der Waals surface area contributed by atoms with Gasteiger partial charge in [0.25, 0.3) is 0 Å². The Bertz CT molecular complexity index is 680. The zero-order chi connectivity index (χ0) is 16.8. The molecule has 122 valence electrons. The van der Waals surface area contributed by atoms with Gasteiger partial charge in [0.05, 0.1) is 6.42 Å². The zero-order valence-electron chi connectivity index (χ0n) is 13.3. The van der Waals surface area contributed by atoms with E-state index in [1.165, 1.54) is 11.3 Å². The Morgan fingerprint density at radius 1 is 1.17 bits per heavy atom. The predicted molar refractivity (Wildman–Crippen MR) is 88.7 cm³/mol. The summed E-state index contributed by atoms with van der Waals surface area (Å²) in [5.74, 6) is 0.0239. The molecular weight excluding hydrogens is 314 g/mol. The number of carbonyl (C=O) groups is 2. The molecule has 0 bridgehead atoms. The Labute approximate surface area is 138 Å². The van der Waals surface area contributed by atoms with Gasteiger partial charge in [-0.05, 0) is 19.1 Å². The molecular formula is C16H19N3O3S. The van der Waals surface area contributed by atoms with E-state index in [2.05, 4.69) is 15.5 Å². The second kappa shape index (κ2) is 7.82. The highest BCUT2D eigenvalue weighted by molar-refractivity contribution is 7.15. The van der Waals surface area contributed by atoms with Crippen LogP contribution in [0.15, 0.2) is 24.3 Å². The molecule has 0 saturated heterocycles. The molecule has 6 nitrogen and oxygen atoms in total. The molecule has 0 aliphatic rings. The molecule has 1 aromatic heterocycles. The number of aryl methyl sites for hydroxylation is 1.